The molecule has 9 heteroatoms. The van der Waals surface area contributed by atoms with E-state index >= 15 is 0 Å². The van der Waals surface area contributed by atoms with Crippen LogP contribution >= 0.6 is 0 Å². The van der Waals surface area contributed by atoms with Gasteiger partial charge >= 0.3 is 0 Å². The molecule has 2 aromatic heterocycles. The standard InChI is InChI=1S/C28H27N3O6/c1-28(2)20-12-17(37-14-23(34)22(33)13-32)4-6-18(20)25(35)24-19-5-3-15(11-21(19)31-26(24)28)27(36)30-16-7-9-29-10-8-16/h3-12,22-23,31-34H,13-14H2,1-2H3,(H,29,30,36)/t22-,23-/m1/s1. The van der Waals surface area contributed by atoms with Crippen LogP contribution in [0, 0.1) is 0 Å². The number of amides is 1. The van der Waals surface area contributed by atoms with Gasteiger partial charge in [-0.05, 0) is 48.0 Å². The Balaban J connectivity index is 1.47. The van der Waals surface area contributed by atoms with Gasteiger partial charge in [-0.15, -0.1) is 0 Å². The number of anilines is 1. The van der Waals surface area contributed by atoms with Crippen LogP contribution in [-0.4, -0.2) is 62.4 Å². The molecule has 1 aliphatic rings. The van der Waals surface area contributed by atoms with Gasteiger partial charge in [0, 0.05) is 51.2 Å². The molecule has 0 unspecified atom stereocenters. The van der Waals surface area contributed by atoms with Gasteiger partial charge in [0.1, 0.15) is 24.6 Å². The Hall–Kier alpha value is -4.05. The molecule has 0 bridgehead atoms. The minimum absolute atomic E-state index is 0.133. The number of hydrogen-bond donors (Lipinski definition) is 5. The predicted octanol–water partition coefficient (Wildman–Crippen LogP) is 2.78. The molecule has 2 heterocycles. The summed E-state index contributed by atoms with van der Waals surface area (Å²) in [5.74, 6) is 0.0233. The lowest BCUT2D eigenvalue weighted by Gasteiger charge is -2.32. The number of pyridine rings is 1. The predicted molar refractivity (Wildman–Crippen MR) is 137 cm³/mol. The van der Waals surface area contributed by atoms with Gasteiger partial charge < -0.3 is 30.4 Å². The molecular weight excluding hydrogens is 474 g/mol. The number of aliphatic hydroxyl groups is 3. The topological polar surface area (TPSA) is 145 Å². The zero-order valence-corrected chi connectivity index (χ0v) is 20.4. The number of carbonyl (C=O) groups excluding carboxylic acids is 2. The number of carbonyl (C=O) groups is 2. The van der Waals surface area contributed by atoms with Crippen molar-refractivity contribution in [3.8, 4) is 5.75 Å². The van der Waals surface area contributed by atoms with E-state index in [2.05, 4.69) is 15.3 Å². The second-order valence-corrected chi connectivity index (χ2v) is 9.62. The molecule has 5 N–H and O–H groups in total. The molecule has 4 aromatic rings. The number of H-pyrrole nitrogens is 1. The van der Waals surface area contributed by atoms with Crippen molar-refractivity contribution in [2.75, 3.05) is 18.5 Å². The number of nitrogens with one attached hydrogen (secondary N) is 2. The van der Waals surface area contributed by atoms with Crippen molar-refractivity contribution in [3.05, 3.63) is 88.9 Å². The van der Waals surface area contributed by atoms with E-state index in [1.165, 1.54) is 0 Å². The van der Waals surface area contributed by atoms with E-state index in [9.17, 15) is 19.8 Å². The molecule has 5 rings (SSSR count). The normalized spacial score (nSPS) is 15.5. The molecule has 0 aliphatic heterocycles. The fourth-order valence-electron chi connectivity index (χ4n) is 4.69. The fraction of sp³-hybridized carbons (Fsp3) is 0.250. The van der Waals surface area contributed by atoms with Crippen LogP contribution in [0.3, 0.4) is 0 Å². The Labute approximate surface area is 212 Å². The third-order valence-corrected chi connectivity index (χ3v) is 6.81. The molecule has 2 atom stereocenters. The molecule has 9 nitrogen and oxygen atoms in total. The smallest absolute Gasteiger partial charge is 0.255 e. The summed E-state index contributed by atoms with van der Waals surface area (Å²) in [4.78, 5) is 33.7. The maximum absolute atomic E-state index is 13.6. The zero-order valence-electron chi connectivity index (χ0n) is 20.4. The summed E-state index contributed by atoms with van der Waals surface area (Å²) in [6.07, 6.45) is 0.641. The highest BCUT2D eigenvalue weighted by atomic mass is 16.5. The van der Waals surface area contributed by atoms with Crippen molar-refractivity contribution in [1.82, 2.24) is 9.97 Å². The molecule has 0 saturated heterocycles. The molecule has 0 fully saturated rings. The van der Waals surface area contributed by atoms with Crippen LogP contribution in [0.15, 0.2) is 60.9 Å². The van der Waals surface area contributed by atoms with E-state index in [1.807, 2.05) is 13.8 Å². The highest BCUT2D eigenvalue weighted by molar-refractivity contribution is 6.20. The lowest BCUT2D eigenvalue weighted by atomic mass is 9.71. The van der Waals surface area contributed by atoms with Crippen molar-refractivity contribution in [1.29, 1.82) is 0 Å². The Morgan fingerprint density at radius 1 is 1.08 bits per heavy atom. The average Bonchev–Trinajstić information content (AvgIpc) is 3.31. The largest absolute Gasteiger partial charge is 0.491 e. The SMILES string of the molecule is CC1(C)c2cc(OC[C@@H](O)[C@H](O)CO)ccc2C(=O)c2c1[nH]c1cc(C(=O)Nc3ccncc3)ccc21. The van der Waals surface area contributed by atoms with Gasteiger partial charge in [-0.1, -0.05) is 19.9 Å². The minimum Gasteiger partial charge on any atom is -0.491 e. The second kappa shape index (κ2) is 9.44. The summed E-state index contributed by atoms with van der Waals surface area (Å²) < 4.78 is 5.63. The van der Waals surface area contributed by atoms with Crippen LogP contribution in [-0.2, 0) is 5.41 Å². The van der Waals surface area contributed by atoms with Crippen molar-refractivity contribution in [2.24, 2.45) is 0 Å². The number of rotatable bonds is 7. The monoisotopic (exact) mass is 501 g/mol. The van der Waals surface area contributed by atoms with Crippen molar-refractivity contribution in [3.63, 3.8) is 0 Å². The van der Waals surface area contributed by atoms with Gasteiger partial charge in [0.25, 0.3) is 5.91 Å². The quantitative estimate of drug-likeness (QED) is 0.262. The Morgan fingerprint density at radius 3 is 2.57 bits per heavy atom. The number of aromatic amines is 1. The van der Waals surface area contributed by atoms with E-state index in [0.717, 1.165) is 16.6 Å². The van der Waals surface area contributed by atoms with Gasteiger partial charge in [0.05, 0.1) is 12.2 Å². The maximum Gasteiger partial charge on any atom is 0.255 e. The van der Waals surface area contributed by atoms with Gasteiger partial charge in [0.2, 0.25) is 0 Å². The van der Waals surface area contributed by atoms with Crippen LogP contribution in [0.2, 0.25) is 0 Å². The van der Waals surface area contributed by atoms with Crippen molar-refractivity contribution < 1.29 is 29.6 Å². The summed E-state index contributed by atoms with van der Waals surface area (Å²) in [5.41, 5.74) is 3.77. The molecule has 0 saturated carbocycles. The molecule has 37 heavy (non-hydrogen) atoms. The Kier molecular flexibility index (Phi) is 6.28. The molecule has 2 aromatic carbocycles. The number of ketones is 1. The average molecular weight is 502 g/mol. The Morgan fingerprint density at radius 2 is 1.84 bits per heavy atom. The van der Waals surface area contributed by atoms with Gasteiger partial charge in [-0.2, -0.15) is 0 Å². The number of aliphatic hydroxyl groups excluding tert-OH is 3. The number of ether oxygens (including phenoxy) is 1. The second-order valence-electron chi connectivity index (χ2n) is 9.62. The van der Waals surface area contributed by atoms with Gasteiger partial charge in [-0.3, -0.25) is 14.6 Å². The van der Waals surface area contributed by atoms with Crippen LogP contribution < -0.4 is 10.1 Å². The highest BCUT2D eigenvalue weighted by Gasteiger charge is 2.40. The first-order valence-corrected chi connectivity index (χ1v) is 11.9. The zero-order chi connectivity index (χ0) is 26.3. The van der Waals surface area contributed by atoms with Crippen LogP contribution in [0.25, 0.3) is 10.9 Å². The van der Waals surface area contributed by atoms with Crippen molar-refractivity contribution in [2.45, 2.75) is 31.5 Å². The fourth-order valence-corrected chi connectivity index (χ4v) is 4.69. The van der Waals surface area contributed by atoms with E-state index in [1.54, 1.807) is 60.9 Å². The highest BCUT2D eigenvalue weighted by Crippen LogP contribution is 2.44. The number of aromatic nitrogens is 2. The number of hydrogen-bond acceptors (Lipinski definition) is 7. The lowest BCUT2D eigenvalue weighted by Crippen LogP contribution is -2.34. The first-order chi connectivity index (χ1) is 17.7. The van der Waals surface area contributed by atoms with Crippen LogP contribution in [0.5, 0.6) is 5.75 Å². The lowest BCUT2D eigenvalue weighted by molar-refractivity contribution is -0.0339. The summed E-state index contributed by atoms with van der Waals surface area (Å²) in [7, 11) is 0. The molecule has 0 radical (unpaired) electrons. The molecular formula is C28H27N3O6. The van der Waals surface area contributed by atoms with Gasteiger partial charge in [0.15, 0.2) is 5.78 Å². The van der Waals surface area contributed by atoms with E-state index < -0.39 is 24.2 Å². The summed E-state index contributed by atoms with van der Waals surface area (Å²) in [6.45, 7) is 3.21. The maximum atomic E-state index is 13.6. The third-order valence-electron chi connectivity index (χ3n) is 6.81. The van der Waals surface area contributed by atoms with E-state index in [-0.39, 0.29) is 18.3 Å². The number of fused-ring (bicyclic) bond motifs is 4. The number of benzene rings is 2. The van der Waals surface area contributed by atoms with Gasteiger partial charge in [-0.25, -0.2) is 0 Å². The molecule has 0 spiro atoms. The first-order valence-electron chi connectivity index (χ1n) is 11.9. The Bertz CT molecular complexity index is 1490. The molecule has 1 aliphatic carbocycles. The van der Waals surface area contributed by atoms with Crippen molar-refractivity contribution >= 4 is 28.3 Å². The van der Waals surface area contributed by atoms with Crippen LogP contribution in [0.4, 0.5) is 5.69 Å². The minimum atomic E-state index is -1.30. The van der Waals surface area contributed by atoms with Crippen LogP contribution in [0.1, 0.15) is 51.4 Å². The summed E-state index contributed by atoms with van der Waals surface area (Å²) >= 11 is 0. The van der Waals surface area contributed by atoms with E-state index in [4.69, 9.17) is 9.84 Å². The number of nitrogens with zero attached hydrogens (tertiary/aromatic N) is 1. The summed E-state index contributed by atoms with van der Waals surface area (Å²) in [5, 5.41) is 32.0. The van der Waals surface area contributed by atoms with E-state index in [0.29, 0.717) is 33.6 Å². The molecule has 190 valence electrons. The third kappa shape index (κ3) is 4.37. The first kappa shape index (κ1) is 24.6. The molecule has 1 amide bonds. The summed E-state index contributed by atoms with van der Waals surface area (Å²) in [6, 6.07) is 13.7.